The van der Waals surface area contributed by atoms with Crippen LogP contribution in [0.3, 0.4) is 0 Å². The van der Waals surface area contributed by atoms with Gasteiger partial charge in [0, 0.05) is 16.2 Å². The van der Waals surface area contributed by atoms with Crippen LogP contribution in [0.4, 0.5) is 0 Å². The largest absolute Gasteiger partial charge is 0.368 e. The smallest absolute Gasteiger partial charge is 0.251 e. The first-order valence-corrected chi connectivity index (χ1v) is 10.1. The summed E-state index contributed by atoms with van der Waals surface area (Å²) in [5.74, 6) is -0.773. The average Bonchev–Trinajstić information content (AvgIpc) is 2.64. The van der Waals surface area contributed by atoms with Crippen LogP contribution in [-0.4, -0.2) is 27.8 Å². The second-order valence-electron chi connectivity index (χ2n) is 7.41. The number of hydrogen-bond donors (Lipinski definition) is 2. The van der Waals surface area contributed by atoms with Crippen LogP contribution in [0.15, 0.2) is 59.5 Å². The van der Waals surface area contributed by atoms with E-state index in [0.717, 1.165) is 5.56 Å². The molecule has 0 aromatic heterocycles. The molecule has 2 aromatic rings. The highest BCUT2D eigenvalue weighted by Gasteiger charge is 2.21. The van der Waals surface area contributed by atoms with E-state index in [1.165, 1.54) is 0 Å². The molecule has 27 heavy (non-hydrogen) atoms. The van der Waals surface area contributed by atoms with Crippen LogP contribution >= 0.6 is 0 Å². The molecule has 2 rings (SSSR count). The number of amides is 2. The van der Waals surface area contributed by atoms with Gasteiger partial charge in [0.15, 0.2) is 0 Å². The third-order valence-corrected chi connectivity index (χ3v) is 5.66. The summed E-state index contributed by atoms with van der Waals surface area (Å²) in [7, 11) is -1.25. The van der Waals surface area contributed by atoms with Crippen molar-refractivity contribution in [1.82, 2.24) is 5.32 Å². The molecule has 0 saturated heterocycles. The van der Waals surface area contributed by atoms with Crippen molar-refractivity contribution < 1.29 is 13.8 Å². The molecule has 0 saturated carbocycles. The SMILES string of the molecule is CC(C)(C)c1ccc(C(=O)N[C@@H](CC[S@@](=O)c2ccccc2)C(N)=O)cc1. The predicted molar refractivity (Wildman–Crippen MR) is 108 cm³/mol. The van der Waals surface area contributed by atoms with E-state index in [2.05, 4.69) is 26.1 Å². The lowest BCUT2D eigenvalue weighted by molar-refractivity contribution is -0.119. The van der Waals surface area contributed by atoms with Crippen molar-refractivity contribution in [1.29, 1.82) is 0 Å². The van der Waals surface area contributed by atoms with Crippen LogP contribution in [0.2, 0.25) is 0 Å². The van der Waals surface area contributed by atoms with Crippen LogP contribution < -0.4 is 11.1 Å². The fourth-order valence-corrected chi connectivity index (χ4v) is 3.71. The Balaban J connectivity index is 2.00. The minimum Gasteiger partial charge on any atom is -0.368 e. The fraction of sp³-hybridized carbons (Fsp3) is 0.333. The Morgan fingerprint density at radius 3 is 2.15 bits per heavy atom. The zero-order valence-electron chi connectivity index (χ0n) is 15.9. The quantitative estimate of drug-likeness (QED) is 0.767. The number of nitrogens with two attached hydrogens (primary N) is 1. The number of benzene rings is 2. The van der Waals surface area contributed by atoms with Crippen molar-refractivity contribution in [3.8, 4) is 0 Å². The Kier molecular flexibility index (Phi) is 6.91. The summed E-state index contributed by atoms with van der Waals surface area (Å²) in [4.78, 5) is 24.8. The second kappa shape index (κ2) is 8.95. The van der Waals surface area contributed by atoms with E-state index in [4.69, 9.17) is 5.73 Å². The molecule has 0 unspecified atom stereocenters. The molecule has 0 radical (unpaired) electrons. The first kappa shape index (κ1) is 20.8. The van der Waals surface area contributed by atoms with E-state index >= 15 is 0 Å². The molecule has 6 heteroatoms. The third-order valence-electron chi connectivity index (χ3n) is 4.26. The van der Waals surface area contributed by atoms with Gasteiger partial charge in [0.2, 0.25) is 5.91 Å². The van der Waals surface area contributed by atoms with Crippen LogP contribution in [0.5, 0.6) is 0 Å². The van der Waals surface area contributed by atoms with Crippen molar-refractivity contribution in [2.75, 3.05) is 5.75 Å². The average molecular weight is 387 g/mol. The Morgan fingerprint density at radius 2 is 1.63 bits per heavy atom. The molecule has 0 aliphatic carbocycles. The summed E-state index contributed by atoms with van der Waals surface area (Å²) in [6, 6.07) is 15.4. The van der Waals surface area contributed by atoms with Gasteiger partial charge in [0.1, 0.15) is 6.04 Å². The minimum absolute atomic E-state index is 0.00767. The number of nitrogens with one attached hydrogen (secondary N) is 1. The highest BCUT2D eigenvalue weighted by Crippen LogP contribution is 2.22. The molecular weight excluding hydrogens is 360 g/mol. The Morgan fingerprint density at radius 1 is 1.04 bits per heavy atom. The number of primary amides is 1. The van der Waals surface area contributed by atoms with Crippen LogP contribution in [0, 0.1) is 0 Å². The molecule has 2 amide bonds. The van der Waals surface area contributed by atoms with E-state index in [1.54, 1.807) is 24.3 Å². The standard InChI is InChI=1S/C21H26N2O3S/c1-21(2,3)16-11-9-15(10-12-16)20(25)23-18(19(22)24)13-14-27(26)17-7-5-4-6-8-17/h4-12,18H,13-14H2,1-3H3,(H2,22,24)(H,23,25)/t18-,27+/m0/s1. The van der Waals surface area contributed by atoms with Gasteiger partial charge >= 0.3 is 0 Å². The number of carbonyl (C=O) groups is 2. The van der Waals surface area contributed by atoms with Gasteiger partial charge in [0.25, 0.3) is 5.91 Å². The molecule has 0 spiro atoms. The summed E-state index contributed by atoms with van der Waals surface area (Å²) in [5, 5.41) is 2.65. The third kappa shape index (κ3) is 6.03. The normalized spacial score (nSPS) is 13.6. The summed E-state index contributed by atoms with van der Waals surface area (Å²) in [6.07, 6.45) is 0.211. The monoisotopic (exact) mass is 386 g/mol. The lowest BCUT2D eigenvalue weighted by atomic mass is 9.86. The molecule has 0 aliphatic heterocycles. The van der Waals surface area contributed by atoms with Gasteiger partial charge in [-0.2, -0.15) is 0 Å². The van der Waals surface area contributed by atoms with Crippen molar-refractivity contribution in [3.63, 3.8) is 0 Å². The van der Waals surface area contributed by atoms with Gasteiger partial charge in [-0.25, -0.2) is 0 Å². The Bertz CT molecular complexity index is 812. The lowest BCUT2D eigenvalue weighted by Gasteiger charge is -2.19. The summed E-state index contributed by atoms with van der Waals surface area (Å²) in [6.45, 7) is 6.29. The van der Waals surface area contributed by atoms with Crippen molar-refractivity contribution in [2.24, 2.45) is 5.73 Å². The maximum atomic E-state index is 12.4. The summed E-state index contributed by atoms with van der Waals surface area (Å²) in [5.41, 5.74) is 6.98. The van der Waals surface area contributed by atoms with Gasteiger partial charge in [-0.15, -0.1) is 0 Å². The molecule has 0 heterocycles. The van der Waals surface area contributed by atoms with Crippen LogP contribution in [0.25, 0.3) is 0 Å². The minimum atomic E-state index is -1.25. The van der Waals surface area contributed by atoms with Gasteiger partial charge in [-0.05, 0) is 41.7 Å². The van der Waals surface area contributed by atoms with E-state index in [-0.39, 0.29) is 23.5 Å². The van der Waals surface area contributed by atoms with Crippen molar-refractivity contribution >= 4 is 22.6 Å². The van der Waals surface area contributed by atoms with E-state index < -0.39 is 22.7 Å². The topological polar surface area (TPSA) is 89.3 Å². The Hall–Kier alpha value is -2.47. The van der Waals surface area contributed by atoms with Crippen LogP contribution in [0.1, 0.15) is 43.1 Å². The van der Waals surface area contributed by atoms with Crippen molar-refractivity contribution in [3.05, 3.63) is 65.7 Å². The Labute approximate surface area is 162 Å². The molecule has 0 aliphatic rings. The second-order valence-corrected chi connectivity index (χ2v) is 8.98. The number of carbonyl (C=O) groups excluding carboxylic acids is 2. The predicted octanol–water partition coefficient (Wildman–Crippen LogP) is 2.77. The van der Waals surface area contributed by atoms with Gasteiger partial charge < -0.3 is 11.1 Å². The maximum absolute atomic E-state index is 12.4. The fourth-order valence-electron chi connectivity index (χ4n) is 2.56. The molecule has 5 nitrogen and oxygen atoms in total. The maximum Gasteiger partial charge on any atom is 0.251 e. The van der Waals surface area contributed by atoms with Gasteiger partial charge in [-0.1, -0.05) is 51.1 Å². The lowest BCUT2D eigenvalue weighted by Crippen LogP contribution is -2.45. The summed E-state index contributed by atoms with van der Waals surface area (Å²) < 4.78 is 12.3. The van der Waals surface area contributed by atoms with Crippen molar-refractivity contribution in [2.45, 2.75) is 43.5 Å². The van der Waals surface area contributed by atoms with E-state index in [0.29, 0.717) is 10.5 Å². The first-order chi connectivity index (χ1) is 12.7. The molecule has 2 atom stereocenters. The number of rotatable bonds is 7. The molecule has 0 bridgehead atoms. The zero-order chi connectivity index (χ0) is 20.0. The van der Waals surface area contributed by atoms with Crippen LogP contribution in [-0.2, 0) is 21.0 Å². The summed E-state index contributed by atoms with van der Waals surface area (Å²) >= 11 is 0. The molecular formula is C21H26N2O3S. The van der Waals surface area contributed by atoms with E-state index in [1.807, 2.05) is 30.3 Å². The number of hydrogen-bond acceptors (Lipinski definition) is 3. The molecule has 0 fully saturated rings. The highest BCUT2D eigenvalue weighted by molar-refractivity contribution is 7.85. The molecule has 144 valence electrons. The van der Waals surface area contributed by atoms with Gasteiger partial charge in [0.05, 0.1) is 10.8 Å². The zero-order valence-corrected chi connectivity index (χ0v) is 16.7. The first-order valence-electron chi connectivity index (χ1n) is 8.82. The highest BCUT2D eigenvalue weighted by atomic mass is 32.2. The van der Waals surface area contributed by atoms with E-state index in [9.17, 15) is 13.8 Å². The molecule has 2 aromatic carbocycles. The molecule has 3 N–H and O–H groups in total. The van der Waals surface area contributed by atoms with Gasteiger partial charge in [-0.3, -0.25) is 13.8 Å².